The van der Waals surface area contributed by atoms with Gasteiger partial charge in [0.25, 0.3) is 11.8 Å². The van der Waals surface area contributed by atoms with Gasteiger partial charge >= 0.3 is 0 Å². The molecule has 0 fully saturated rings. The number of rotatable bonds is 2. The Bertz CT molecular complexity index is 563. The number of nitrogens with one attached hydrogen (secondary N) is 2. The van der Waals surface area contributed by atoms with Gasteiger partial charge < -0.3 is 11.5 Å². The minimum absolute atomic E-state index is 0.400. The zero-order chi connectivity index (χ0) is 14.5. The molecule has 102 valence electrons. The van der Waals surface area contributed by atoms with Gasteiger partial charge in [-0.25, -0.2) is 0 Å². The summed E-state index contributed by atoms with van der Waals surface area (Å²) < 4.78 is 0. The molecule has 0 atom stereocenters. The van der Waals surface area contributed by atoms with Crippen LogP contribution in [0, 0.1) is 0 Å². The summed E-state index contributed by atoms with van der Waals surface area (Å²) in [4.78, 5) is 23.5. The van der Waals surface area contributed by atoms with Crippen molar-refractivity contribution in [3.63, 3.8) is 0 Å². The molecule has 0 bridgehead atoms. The van der Waals surface area contributed by atoms with Crippen LogP contribution < -0.4 is 22.3 Å². The first-order chi connectivity index (χ1) is 9.56. The van der Waals surface area contributed by atoms with Crippen molar-refractivity contribution in [3.05, 3.63) is 59.7 Å². The average Bonchev–Trinajstić information content (AvgIpc) is 2.46. The van der Waals surface area contributed by atoms with Gasteiger partial charge in [-0.05, 0) is 48.5 Å². The van der Waals surface area contributed by atoms with Gasteiger partial charge in [-0.15, -0.1) is 0 Å². The van der Waals surface area contributed by atoms with Gasteiger partial charge in [0.15, 0.2) is 0 Å². The van der Waals surface area contributed by atoms with Crippen molar-refractivity contribution in [2.45, 2.75) is 0 Å². The Labute approximate surface area is 115 Å². The summed E-state index contributed by atoms with van der Waals surface area (Å²) >= 11 is 0. The number of anilines is 2. The number of carbonyl (C=O) groups excluding carboxylic acids is 2. The molecule has 6 nitrogen and oxygen atoms in total. The fourth-order valence-corrected chi connectivity index (χ4v) is 1.53. The van der Waals surface area contributed by atoms with Crippen LogP contribution in [-0.2, 0) is 0 Å². The van der Waals surface area contributed by atoms with Crippen molar-refractivity contribution >= 4 is 23.2 Å². The lowest BCUT2D eigenvalue weighted by molar-refractivity contribution is 0.0846. The Morgan fingerprint density at radius 1 is 0.650 bits per heavy atom. The first-order valence-corrected chi connectivity index (χ1v) is 5.88. The topological polar surface area (TPSA) is 110 Å². The summed E-state index contributed by atoms with van der Waals surface area (Å²) in [7, 11) is 0. The van der Waals surface area contributed by atoms with Gasteiger partial charge in [-0.3, -0.25) is 20.4 Å². The van der Waals surface area contributed by atoms with E-state index in [4.69, 9.17) is 11.5 Å². The summed E-state index contributed by atoms with van der Waals surface area (Å²) in [6.07, 6.45) is 0. The van der Waals surface area contributed by atoms with E-state index in [9.17, 15) is 9.59 Å². The summed E-state index contributed by atoms with van der Waals surface area (Å²) in [5.74, 6) is -0.845. The molecule has 0 aliphatic carbocycles. The first kappa shape index (κ1) is 13.4. The van der Waals surface area contributed by atoms with E-state index in [2.05, 4.69) is 10.9 Å². The Hall–Kier alpha value is -3.02. The van der Waals surface area contributed by atoms with E-state index < -0.39 is 11.8 Å². The number of carbonyl (C=O) groups is 2. The number of amides is 2. The van der Waals surface area contributed by atoms with Crippen LogP contribution >= 0.6 is 0 Å². The molecular weight excluding hydrogens is 256 g/mol. The molecule has 20 heavy (non-hydrogen) atoms. The number of hydrazine groups is 1. The maximum Gasteiger partial charge on any atom is 0.269 e. The molecule has 0 spiro atoms. The maximum absolute atomic E-state index is 11.8. The second-order valence-electron chi connectivity index (χ2n) is 4.15. The van der Waals surface area contributed by atoms with Crippen molar-refractivity contribution in [3.8, 4) is 0 Å². The molecule has 2 aromatic carbocycles. The van der Waals surface area contributed by atoms with Gasteiger partial charge in [0.2, 0.25) is 0 Å². The van der Waals surface area contributed by atoms with Gasteiger partial charge in [0, 0.05) is 22.5 Å². The lowest BCUT2D eigenvalue weighted by Gasteiger charge is -2.07. The Balaban J connectivity index is 1.94. The molecule has 2 aromatic rings. The molecule has 0 aliphatic rings. The first-order valence-electron chi connectivity index (χ1n) is 5.88. The van der Waals surface area contributed by atoms with Crippen molar-refractivity contribution in [1.29, 1.82) is 0 Å². The van der Waals surface area contributed by atoms with E-state index in [-0.39, 0.29) is 0 Å². The normalized spacial score (nSPS) is 9.80. The molecular formula is C14H14N4O2. The summed E-state index contributed by atoms with van der Waals surface area (Å²) in [6.45, 7) is 0. The molecule has 0 saturated heterocycles. The lowest BCUT2D eigenvalue weighted by atomic mass is 10.2. The highest BCUT2D eigenvalue weighted by atomic mass is 16.2. The smallest absolute Gasteiger partial charge is 0.269 e. The molecule has 0 aromatic heterocycles. The molecule has 0 saturated carbocycles. The number of benzene rings is 2. The SMILES string of the molecule is Nc1ccc(C(=O)NNC(=O)c2ccc(N)cc2)cc1. The third-order valence-electron chi connectivity index (χ3n) is 2.64. The Morgan fingerprint density at radius 3 is 1.25 bits per heavy atom. The zero-order valence-corrected chi connectivity index (χ0v) is 10.6. The predicted octanol–water partition coefficient (Wildman–Crippen LogP) is 0.926. The van der Waals surface area contributed by atoms with Crippen molar-refractivity contribution in [2.24, 2.45) is 0 Å². The second-order valence-corrected chi connectivity index (χ2v) is 4.15. The van der Waals surface area contributed by atoms with Crippen LogP contribution in [-0.4, -0.2) is 11.8 Å². The van der Waals surface area contributed by atoms with E-state index in [0.29, 0.717) is 22.5 Å². The maximum atomic E-state index is 11.8. The molecule has 6 heteroatoms. The minimum atomic E-state index is -0.422. The number of hydrogen-bond acceptors (Lipinski definition) is 4. The predicted molar refractivity (Wildman–Crippen MR) is 76.6 cm³/mol. The van der Waals surface area contributed by atoms with Gasteiger partial charge in [0.05, 0.1) is 0 Å². The van der Waals surface area contributed by atoms with Crippen molar-refractivity contribution in [1.82, 2.24) is 10.9 Å². The van der Waals surface area contributed by atoms with Crippen LogP contribution in [0.15, 0.2) is 48.5 Å². The fourth-order valence-electron chi connectivity index (χ4n) is 1.53. The van der Waals surface area contributed by atoms with E-state index >= 15 is 0 Å². The largest absolute Gasteiger partial charge is 0.399 e. The highest BCUT2D eigenvalue weighted by Crippen LogP contribution is 2.06. The van der Waals surface area contributed by atoms with Crippen LogP contribution in [0.25, 0.3) is 0 Å². The van der Waals surface area contributed by atoms with Crippen molar-refractivity contribution in [2.75, 3.05) is 11.5 Å². The second kappa shape index (κ2) is 5.75. The molecule has 0 unspecified atom stereocenters. The van der Waals surface area contributed by atoms with E-state index in [1.54, 1.807) is 48.5 Å². The third kappa shape index (κ3) is 3.26. The highest BCUT2D eigenvalue weighted by Gasteiger charge is 2.08. The molecule has 2 amide bonds. The molecule has 0 heterocycles. The number of nitrogen functional groups attached to an aromatic ring is 2. The molecule has 2 rings (SSSR count). The van der Waals surface area contributed by atoms with Gasteiger partial charge in [-0.1, -0.05) is 0 Å². The third-order valence-corrected chi connectivity index (χ3v) is 2.64. The number of nitrogens with two attached hydrogens (primary N) is 2. The standard InChI is InChI=1S/C14H14N4O2/c15-11-5-1-9(2-6-11)13(19)17-18-14(20)10-3-7-12(16)8-4-10/h1-8H,15-16H2,(H,17,19)(H,18,20). The van der Waals surface area contributed by atoms with Crippen LogP contribution in [0.2, 0.25) is 0 Å². The van der Waals surface area contributed by atoms with Crippen LogP contribution in [0.1, 0.15) is 20.7 Å². The summed E-state index contributed by atoms with van der Waals surface area (Å²) in [5.41, 5.74) is 17.6. The molecule has 0 aliphatic heterocycles. The summed E-state index contributed by atoms with van der Waals surface area (Å²) in [6, 6.07) is 12.7. The summed E-state index contributed by atoms with van der Waals surface area (Å²) in [5, 5.41) is 0. The van der Waals surface area contributed by atoms with Crippen molar-refractivity contribution < 1.29 is 9.59 Å². The molecule has 0 radical (unpaired) electrons. The highest BCUT2D eigenvalue weighted by molar-refractivity contribution is 5.99. The van der Waals surface area contributed by atoms with Gasteiger partial charge in [0.1, 0.15) is 0 Å². The van der Waals surface area contributed by atoms with E-state index in [1.165, 1.54) is 0 Å². The zero-order valence-electron chi connectivity index (χ0n) is 10.6. The Morgan fingerprint density at radius 2 is 0.950 bits per heavy atom. The van der Waals surface area contributed by atoms with E-state index in [0.717, 1.165) is 0 Å². The Kier molecular flexibility index (Phi) is 3.85. The minimum Gasteiger partial charge on any atom is -0.399 e. The number of hydrogen-bond donors (Lipinski definition) is 4. The fraction of sp³-hybridized carbons (Fsp3) is 0. The molecule has 6 N–H and O–H groups in total. The van der Waals surface area contributed by atoms with E-state index in [1.807, 2.05) is 0 Å². The average molecular weight is 270 g/mol. The van der Waals surface area contributed by atoms with Crippen LogP contribution in [0.4, 0.5) is 11.4 Å². The van der Waals surface area contributed by atoms with Crippen LogP contribution in [0.3, 0.4) is 0 Å². The lowest BCUT2D eigenvalue weighted by Crippen LogP contribution is -2.41. The van der Waals surface area contributed by atoms with Crippen LogP contribution in [0.5, 0.6) is 0 Å². The van der Waals surface area contributed by atoms with Gasteiger partial charge in [-0.2, -0.15) is 0 Å². The quantitative estimate of drug-likeness (QED) is 0.480. The monoisotopic (exact) mass is 270 g/mol.